The monoisotopic (exact) mass is 438 g/mol. The van der Waals surface area contributed by atoms with E-state index in [1.165, 1.54) is 148 Å². The molecule has 0 heterocycles. The van der Waals surface area contributed by atoms with Crippen molar-refractivity contribution in [2.75, 3.05) is 0 Å². The maximum Gasteiger partial charge on any atom is 0.0540 e. The smallest absolute Gasteiger partial charge is 0.0540 e. The van der Waals surface area contributed by atoms with Crippen molar-refractivity contribution < 1.29 is 5.11 Å². The highest BCUT2D eigenvalue weighted by Crippen LogP contribution is 2.19. The van der Waals surface area contributed by atoms with Crippen molar-refractivity contribution in [3.63, 3.8) is 0 Å². The molecule has 0 amide bonds. The van der Waals surface area contributed by atoms with Crippen molar-refractivity contribution in [1.82, 2.24) is 0 Å². The molecule has 188 valence electrons. The highest BCUT2D eigenvalue weighted by Gasteiger charge is 2.03. The molecule has 0 aromatic rings. The second-order valence-electron chi connectivity index (χ2n) is 10.6. The molecule has 0 rings (SSSR count). The van der Waals surface area contributed by atoms with Crippen LogP contribution in [0.25, 0.3) is 0 Å². The molecule has 0 spiro atoms. The lowest BCUT2D eigenvalue weighted by atomic mass is 9.95. The number of rotatable bonds is 26. The van der Waals surface area contributed by atoms with E-state index >= 15 is 0 Å². The molecule has 1 nitrogen and oxygen atoms in total. The van der Waals surface area contributed by atoms with Gasteiger partial charge in [0.15, 0.2) is 0 Å². The predicted molar refractivity (Wildman–Crippen MR) is 142 cm³/mol. The third-order valence-electron chi connectivity index (χ3n) is 7.18. The van der Waals surface area contributed by atoms with Crippen molar-refractivity contribution in [2.24, 2.45) is 5.92 Å². The van der Waals surface area contributed by atoms with Crippen LogP contribution in [0.4, 0.5) is 0 Å². The summed E-state index contributed by atoms with van der Waals surface area (Å²) >= 11 is 0. The molecule has 31 heavy (non-hydrogen) atoms. The fraction of sp³-hybridized carbons (Fsp3) is 1.00. The quantitative estimate of drug-likeness (QED) is 0.133. The highest BCUT2D eigenvalue weighted by molar-refractivity contribution is 4.57. The van der Waals surface area contributed by atoms with Crippen molar-refractivity contribution in [2.45, 2.75) is 187 Å². The Morgan fingerprint density at radius 2 is 0.677 bits per heavy atom. The first-order valence-electron chi connectivity index (χ1n) is 14.9. The van der Waals surface area contributed by atoms with Gasteiger partial charge in [0.2, 0.25) is 0 Å². The van der Waals surface area contributed by atoms with Gasteiger partial charge in [-0.2, -0.15) is 0 Å². The van der Waals surface area contributed by atoms with Gasteiger partial charge < -0.3 is 5.11 Å². The fourth-order valence-electron chi connectivity index (χ4n) is 4.82. The summed E-state index contributed by atoms with van der Waals surface area (Å²) in [6, 6.07) is 0. The summed E-state index contributed by atoms with van der Waals surface area (Å²) < 4.78 is 0. The Balaban J connectivity index is 3.17. The van der Waals surface area contributed by atoms with Crippen molar-refractivity contribution >= 4 is 0 Å². The predicted octanol–water partition coefficient (Wildman–Crippen LogP) is 10.8. The van der Waals surface area contributed by atoms with E-state index in [0.29, 0.717) is 0 Å². The van der Waals surface area contributed by atoms with E-state index < -0.39 is 0 Å². The van der Waals surface area contributed by atoms with E-state index in [-0.39, 0.29) is 6.10 Å². The molecule has 0 aliphatic heterocycles. The lowest BCUT2D eigenvalue weighted by Gasteiger charge is -2.11. The van der Waals surface area contributed by atoms with Crippen molar-refractivity contribution in [1.29, 1.82) is 0 Å². The molecule has 0 radical (unpaired) electrons. The van der Waals surface area contributed by atoms with Crippen molar-refractivity contribution in [3.8, 4) is 0 Å². The Morgan fingerprint density at radius 1 is 0.387 bits per heavy atom. The van der Waals surface area contributed by atoms with Gasteiger partial charge in [-0.25, -0.2) is 0 Å². The minimum atomic E-state index is -0.0342. The number of unbranched alkanes of at least 4 members (excludes halogenated alkanes) is 18. The van der Waals surface area contributed by atoms with E-state index in [4.69, 9.17) is 0 Å². The van der Waals surface area contributed by atoms with Gasteiger partial charge in [0.1, 0.15) is 0 Å². The highest BCUT2D eigenvalue weighted by atomic mass is 16.3. The van der Waals surface area contributed by atoms with E-state index in [1.54, 1.807) is 0 Å². The maximum absolute atomic E-state index is 9.86. The first-order chi connectivity index (χ1) is 15.2. The molecule has 1 N–H and O–H groups in total. The molecular weight excluding hydrogens is 376 g/mol. The summed E-state index contributed by atoms with van der Waals surface area (Å²) in [6.07, 6.45) is 34.4. The topological polar surface area (TPSA) is 20.2 Å². The van der Waals surface area contributed by atoms with E-state index in [0.717, 1.165) is 18.8 Å². The molecule has 0 bridgehead atoms. The minimum absolute atomic E-state index is 0.0342. The third-order valence-corrected chi connectivity index (χ3v) is 7.18. The SMILES string of the molecule is CCCCCCCCCCC(C)CCCCCCCCCCCCCC(O)CCCC. The summed E-state index contributed by atoms with van der Waals surface area (Å²) in [5.74, 6) is 0.952. The molecule has 0 aromatic carbocycles. The molecule has 2 unspecified atom stereocenters. The molecule has 1 heteroatoms. The summed E-state index contributed by atoms with van der Waals surface area (Å²) in [6.45, 7) is 6.98. The first kappa shape index (κ1) is 31.0. The molecule has 0 saturated heterocycles. The van der Waals surface area contributed by atoms with Crippen LogP contribution in [-0.4, -0.2) is 11.2 Å². The van der Waals surface area contributed by atoms with Crippen LogP contribution < -0.4 is 0 Å². The Kier molecular flexibility index (Phi) is 26.2. The largest absolute Gasteiger partial charge is 0.393 e. The van der Waals surface area contributed by atoms with Gasteiger partial charge in [-0.05, 0) is 18.8 Å². The Bertz CT molecular complexity index is 314. The van der Waals surface area contributed by atoms with Crippen molar-refractivity contribution in [3.05, 3.63) is 0 Å². The van der Waals surface area contributed by atoms with E-state index in [9.17, 15) is 5.11 Å². The van der Waals surface area contributed by atoms with Gasteiger partial charge in [0, 0.05) is 0 Å². The molecule has 0 aliphatic carbocycles. The number of aliphatic hydroxyl groups is 1. The third kappa shape index (κ3) is 26.1. The van der Waals surface area contributed by atoms with Gasteiger partial charge in [-0.15, -0.1) is 0 Å². The summed E-state index contributed by atoms with van der Waals surface area (Å²) in [4.78, 5) is 0. The molecule has 0 fully saturated rings. The maximum atomic E-state index is 9.86. The minimum Gasteiger partial charge on any atom is -0.393 e. The lowest BCUT2D eigenvalue weighted by molar-refractivity contribution is 0.148. The Morgan fingerprint density at radius 3 is 1.06 bits per heavy atom. The zero-order valence-electron chi connectivity index (χ0n) is 22.3. The lowest BCUT2D eigenvalue weighted by Crippen LogP contribution is -2.05. The number of aliphatic hydroxyl groups excluding tert-OH is 1. The molecule has 2 atom stereocenters. The van der Waals surface area contributed by atoms with E-state index in [1.807, 2.05) is 0 Å². The van der Waals surface area contributed by atoms with E-state index in [2.05, 4.69) is 20.8 Å². The van der Waals surface area contributed by atoms with Gasteiger partial charge in [-0.3, -0.25) is 0 Å². The zero-order valence-corrected chi connectivity index (χ0v) is 22.3. The van der Waals surface area contributed by atoms with Crippen LogP contribution in [0.2, 0.25) is 0 Å². The standard InChI is InChI=1S/C30H62O/c1-4-6-8-9-10-16-19-22-25-29(3)26-23-20-17-14-12-11-13-15-18-21-24-28-30(31)27-7-5-2/h29-31H,4-28H2,1-3H3. The van der Waals surface area contributed by atoms with Crippen LogP contribution in [-0.2, 0) is 0 Å². The fourth-order valence-corrected chi connectivity index (χ4v) is 4.82. The van der Waals surface area contributed by atoms with Crippen LogP contribution in [0.5, 0.6) is 0 Å². The second kappa shape index (κ2) is 26.2. The summed E-state index contributed by atoms with van der Waals surface area (Å²) in [5.41, 5.74) is 0. The van der Waals surface area contributed by atoms with Gasteiger partial charge in [0.05, 0.1) is 6.10 Å². The van der Waals surface area contributed by atoms with Crippen LogP contribution >= 0.6 is 0 Å². The summed E-state index contributed by atoms with van der Waals surface area (Å²) in [5, 5.41) is 9.86. The average molecular weight is 439 g/mol. The van der Waals surface area contributed by atoms with Crippen LogP contribution in [0, 0.1) is 5.92 Å². The first-order valence-corrected chi connectivity index (χ1v) is 14.9. The zero-order chi connectivity index (χ0) is 22.8. The molecule has 0 aromatic heterocycles. The van der Waals surface area contributed by atoms with Gasteiger partial charge in [0.25, 0.3) is 0 Å². The molecule has 0 aliphatic rings. The average Bonchev–Trinajstić information content (AvgIpc) is 2.77. The van der Waals surface area contributed by atoms with Crippen LogP contribution in [0.15, 0.2) is 0 Å². The Labute approximate surface area is 198 Å². The molecule has 0 saturated carbocycles. The number of hydrogen-bond acceptors (Lipinski definition) is 1. The molecular formula is C30H62O. The van der Waals surface area contributed by atoms with Gasteiger partial charge >= 0.3 is 0 Å². The Hall–Kier alpha value is -0.0400. The second-order valence-corrected chi connectivity index (χ2v) is 10.6. The van der Waals surface area contributed by atoms with Crippen LogP contribution in [0.3, 0.4) is 0 Å². The van der Waals surface area contributed by atoms with Gasteiger partial charge in [-0.1, -0.05) is 168 Å². The normalized spacial score (nSPS) is 13.5. The van der Waals surface area contributed by atoms with Crippen LogP contribution in [0.1, 0.15) is 181 Å². The number of hydrogen-bond donors (Lipinski definition) is 1. The summed E-state index contributed by atoms with van der Waals surface area (Å²) in [7, 11) is 0.